The number of benzene rings is 2. The molecule has 1 aromatic heterocycles. The topological polar surface area (TPSA) is 64.5 Å². The molecule has 1 saturated heterocycles. The first-order valence-electron chi connectivity index (χ1n) is 10.1. The fourth-order valence-corrected chi connectivity index (χ4v) is 3.95. The molecule has 6 nitrogen and oxygen atoms in total. The van der Waals surface area contributed by atoms with E-state index in [1.165, 1.54) is 19.2 Å². The fraction of sp³-hybridized carbons (Fsp3) is 0.348. The van der Waals surface area contributed by atoms with Gasteiger partial charge in [-0.1, -0.05) is 18.2 Å². The number of aromatic nitrogens is 1. The number of hydrogen-bond acceptors (Lipinski definition) is 4. The van der Waals surface area contributed by atoms with Gasteiger partial charge in [0.2, 0.25) is 5.91 Å². The molecule has 158 valence electrons. The predicted octanol–water partition coefficient (Wildman–Crippen LogP) is 3.64. The number of methoxy groups -OCH3 is 1. The van der Waals surface area contributed by atoms with Crippen molar-refractivity contribution in [3.05, 3.63) is 54.0 Å². The second kappa shape index (κ2) is 8.75. The zero-order valence-electron chi connectivity index (χ0n) is 17.2. The lowest BCUT2D eigenvalue weighted by Gasteiger charge is -2.25. The summed E-state index contributed by atoms with van der Waals surface area (Å²) in [7, 11) is 3.40. The number of ether oxygens (including phenoxy) is 2. The highest BCUT2D eigenvalue weighted by atomic mass is 19.1. The highest BCUT2D eigenvalue weighted by Crippen LogP contribution is 2.37. The van der Waals surface area contributed by atoms with Crippen LogP contribution in [-0.4, -0.2) is 36.8 Å². The van der Waals surface area contributed by atoms with Crippen molar-refractivity contribution in [3.8, 4) is 11.5 Å². The van der Waals surface area contributed by atoms with Crippen LogP contribution in [0.4, 0.5) is 10.1 Å². The smallest absolute Gasteiger partial charge is 0.229 e. The number of nitrogens with zero attached hydrogens (tertiary/aromatic N) is 1. The van der Waals surface area contributed by atoms with Crippen LogP contribution in [0.1, 0.15) is 18.4 Å². The minimum Gasteiger partial charge on any atom is -0.494 e. The van der Waals surface area contributed by atoms with Crippen LogP contribution in [-0.2, 0) is 18.3 Å². The van der Waals surface area contributed by atoms with E-state index >= 15 is 0 Å². The van der Waals surface area contributed by atoms with Crippen molar-refractivity contribution in [1.29, 1.82) is 0 Å². The van der Waals surface area contributed by atoms with Crippen LogP contribution in [0.15, 0.2) is 42.6 Å². The first kappa shape index (κ1) is 20.2. The third-order valence-electron chi connectivity index (χ3n) is 5.43. The molecule has 1 amide bonds. The third kappa shape index (κ3) is 4.26. The van der Waals surface area contributed by atoms with E-state index in [0.717, 1.165) is 42.4 Å². The van der Waals surface area contributed by atoms with Crippen LogP contribution in [0, 0.1) is 5.82 Å². The van der Waals surface area contributed by atoms with Crippen LogP contribution in [0.2, 0.25) is 0 Å². The van der Waals surface area contributed by atoms with Gasteiger partial charge in [0.15, 0.2) is 0 Å². The summed E-state index contributed by atoms with van der Waals surface area (Å²) in [5.74, 6) is -0.149. The number of nitrogens with one attached hydrogen (secondary N) is 2. The Morgan fingerprint density at radius 2 is 1.97 bits per heavy atom. The second-order valence-electron chi connectivity index (χ2n) is 7.56. The molecule has 30 heavy (non-hydrogen) atoms. The number of carbonyl (C=O) groups is 1. The zero-order valence-corrected chi connectivity index (χ0v) is 17.2. The molecule has 0 aliphatic carbocycles. The maximum absolute atomic E-state index is 14.1. The van der Waals surface area contributed by atoms with Crippen LogP contribution in [0.25, 0.3) is 10.9 Å². The lowest BCUT2D eigenvalue weighted by molar-refractivity contribution is -0.115. The van der Waals surface area contributed by atoms with E-state index in [4.69, 9.17) is 9.47 Å². The molecule has 4 rings (SSSR count). The number of para-hydroxylation sites is 1. The van der Waals surface area contributed by atoms with Crippen LogP contribution in [0.3, 0.4) is 0 Å². The molecule has 0 unspecified atom stereocenters. The van der Waals surface area contributed by atoms with Crippen molar-refractivity contribution in [2.45, 2.75) is 25.4 Å². The number of aryl methyl sites for hydroxylation is 1. The van der Waals surface area contributed by atoms with E-state index in [2.05, 4.69) is 10.6 Å². The van der Waals surface area contributed by atoms with Crippen LogP contribution >= 0.6 is 0 Å². The molecule has 1 aliphatic heterocycles. The van der Waals surface area contributed by atoms with E-state index in [1.54, 1.807) is 0 Å². The predicted molar refractivity (Wildman–Crippen MR) is 115 cm³/mol. The summed E-state index contributed by atoms with van der Waals surface area (Å²) >= 11 is 0. The number of amides is 1. The largest absolute Gasteiger partial charge is 0.494 e. The van der Waals surface area contributed by atoms with E-state index < -0.39 is 5.82 Å². The van der Waals surface area contributed by atoms with Crippen molar-refractivity contribution < 1.29 is 18.7 Å². The Kier molecular flexibility index (Phi) is 5.90. The number of fused-ring (bicyclic) bond motifs is 1. The molecule has 0 spiro atoms. The lowest BCUT2D eigenvalue weighted by atomic mass is 10.1. The molecule has 1 aliphatic rings. The van der Waals surface area contributed by atoms with Crippen LogP contribution < -0.4 is 20.1 Å². The van der Waals surface area contributed by atoms with Gasteiger partial charge in [0, 0.05) is 36.3 Å². The number of hydrogen-bond donors (Lipinski definition) is 2. The number of rotatable bonds is 6. The molecule has 0 saturated carbocycles. The molecule has 2 heterocycles. The molecule has 0 radical (unpaired) electrons. The summed E-state index contributed by atoms with van der Waals surface area (Å²) < 4.78 is 27.5. The molecular weight excluding hydrogens is 385 g/mol. The Balaban J connectivity index is 1.58. The molecule has 2 aromatic carbocycles. The monoisotopic (exact) mass is 411 g/mol. The normalized spacial score (nSPS) is 14.6. The summed E-state index contributed by atoms with van der Waals surface area (Å²) in [5.41, 5.74) is 2.35. The minimum absolute atomic E-state index is 0.0357. The molecule has 7 heteroatoms. The van der Waals surface area contributed by atoms with Gasteiger partial charge in [-0.25, -0.2) is 4.39 Å². The van der Waals surface area contributed by atoms with Gasteiger partial charge in [-0.15, -0.1) is 0 Å². The molecule has 3 aromatic rings. The molecule has 0 atom stereocenters. The van der Waals surface area contributed by atoms with Gasteiger partial charge in [0.05, 0.1) is 13.5 Å². The zero-order chi connectivity index (χ0) is 21.1. The Hall–Kier alpha value is -3.06. The van der Waals surface area contributed by atoms with E-state index in [0.29, 0.717) is 11.4 Å². The highest BCUT2D eigenvalue weighted by Gasteiger charge is 2.21. The summed E-state index contributed by atoms with van der Waals surface area (Å²) in [5, 5.41) is 7.20. The average molecular weight is 411 g/mol. The van der Waals surface area contributed by atoms with E-state index in [1.807, 2.05) is 42.1 Å². The van der Waals surface area contributed by atoms with E-state index in [-0.39, 0.29) is 24.2 Å². The standard InChI is InChI=1S/C23H26FN3O3/c1-27-14-15(18-5-3-4-6-19(18)27)11-22(28)26-23-20(29-2)12-16(24)13-21(23)30-17-7-9-25-10-8-17/h3-6,12-14,17,25H,7-11H2,1-2H3,(H,26,28). The first-order valence-corrected chi connectivity index (χ1v) is 10.1. The Bertz CT molecular complexity index is 1060. The molecule has 1 fully saturated rings. The minimum atomic E-state index is -0.470. The quantitative estimate of drug-likeness (QED) is 0.650. The van der Waals surface area contributed by atoms with Gasteiger partial charge in [0.25, 0.3) is 0 Å². The van der Waals surface area contributed by atoms with Crippen molar-refractivity contribution in [1.82, 2.24) is 9.88 Å². The fourth-order valence-electron chi connectivity index (χ4n) is 3.95. The maximum Gasteiger partial charge on any atom is 0.229 e. The van der Waals surface area contributed by atoms with Crippen molar-refractivity contribution >= 4 is 22.5 Å². The van der Waals surface area contributed by atoms with Crippen molar-refractivity contribution in [3.63, 3.8) is 0 Å². The highest BCUT2D eigenvalue weighted by molar-refractivity contribution is 5.98. The summed E-state index contributed by atoms with van der Waals surface area (Å²) in [4.78, 5) is 12.9. The Labute approximate surface area is 175 Å². The number of piperidine rings is 1. The van der Waals surface area contributed by atoms with Gasteiger partial charge in [-0.3, -0.25) is 4.79 Å². The maximum atomic E-state index is 14.1. The summed E-state index contributed by atoms with van der Waals surface area (Å²) in [6.07, 6.45) is 3.75. The third-order valence-corrected chi connectivity index (χ3v) is 5.43. The van der Waals surface area contributed by atoms with Gasteiger partial charge >= 0.3 is 0 Å². The summed E-state index contributed by atoms with van der Waals surface area (Å²) in [6, 6.07) is 10.5. The average Bonchev–Trinajstić information content (AvgIpc) is 3.06. The number of carbonyl (C=O) groups excluding carboxylic acids is 1. The van der Waals surface area contributed by atoms with Gasteiger partial charge in [0.1, 0.15) is 29.1 Å². The first-order chi connectivity index (χ1) is 14.5. The van der Waals surface area contributed by atoms with Gasteiger partial charge in [-0.2, -0.15) is 0 Å². The van der Waals surface area contributed by atoms with Crippen LogP contribution in [0.5, 0.6) is 11.5 Å². The lowest BCUT2D eigenvalue weighted by Crippen LogP contribution is -2.34. The second-order valence-corrected chi connectivity index (χ2v) is 7.56. The number of halogens is 1. The molecule has 2 N–H and O–H groups in total. The van der Waals surface area contributed by atoms with Crippen molar-refractivity contribution in [2.75, 3.05) is 25.5 Å². The summed E-state index contributed by atoms with van der Waals surface area (Å²) in [6.45, 7) is 1.69. The number of anilines is 1. The van der Waals surface area contributed by atoms with Gasteiger partial charge < -0.3 is 24.7 Å². The van der Waals surface area contributed by atoms with Crippen molar-refractivity contribution in [2.24, 2.45) is 7.05 Å². The Morgan fingerprint density at radius 1 is 1.23 bits per heavy atom. The Morgan fingerprint density at radius 3 is 2.73 bits per heavy atom. The molecular formula is C23H26FN3O3. The molecule has 0 bridgehead atoms. The van der Waals surface area contributed by atoms with Gasteiger partial charge in [-0.05, 0) is 37.6 Å². The van der Waals surface area contributed by atoms with E-state index in [9.17, 15) is 9.18 Å². The SMILES string of the molecule is COc1cc(F)cc(OC2CCNCC2)c1NC(=O)Cc1cn(C)c2ccccc12.